The van der Waals surface area contributed by atoms with Crippen LogP contribution in [0.15, 0.2) is 0 Å². The van der Waals surface area contributed by atoms with Gasteiger partial charge in [-0.3, -0.25) is 4.79 Å². The van der Waals surface area contributed by atoms with Gasteiger partial charge in [0.15, 0.2) is 0 Å². The molecule has 0 aromatic heterocycles. The molecule has 0 saturated carbocycles. The molecule has 1 fully saturated rings. The maximum absolute atomic E-state index is 12.4. The van der Waals surface area contributed by atoms with Crippen molar-refractivity contribution in [1.29, 1.82) is 0 Å². The van der Waals surface area contributed by atoms with Crippen LogP contribution in [0.5, 0.6) is 0 Å². The number of piperidine rings is 1. The summed E-state index contributed by atoms with van der Waals surface area (Å²) < 4.78 is 0. The molecular weight excluding hydrogens is 236 g/mol. The number of rotatable bonds is 7. The van der Waals surface area contributed by atoms with Gasteiger partial charge in [-0.05, 0) is 31.7 Å². The van der Waals surface area contributed by atoms with Gasteiger partial charge in [-0.25, -0.2) is 0 Å². The van der Waals surface area contributed by atoms with Crippen molar-refractivity contribution in [3.63, 3.8) is 0 Å². The zero-order valence-corrected chi connectivity index (χ0v) is 13.2. The van der Waals surface area contributed by atoms with E-state index < -0.39 is 0 Å². The Morgan fingerprint density at radius 2 is 2.05 bits per heavy atom. The van der Waals surface area contributed by atoms with Crippen molar-refractivity contribution in [1.82, 2.24) is 10.2 Å². The van der Waals surface area contributed by atoms with Gasteiger partial charge >= 0.3 is 0 Å². The highest BCUT2D eigenvalue weighted by Gasteiger charge is 2.31. The highest BCUT2D eigenvalue weighted by atomic mass is 16.2. The normalized spacial score (nSPS) is 25.4. The van der Waals surface area contributed by atoms with E-state index in [1.165, 1.54) is 6.42 Å². The quantitative estimate of drug-likeness (QED) is 0.769. The monoisotopic (exact) mass is 268 g/mol. The van der Waals surface area contributed by atoms with Crippen LogP contribution in [0.25, 0.3) is 0 Å². The molecule has 3 nitrogen and oxygen atoms in total. The fourth-order valence-corrected chi connectivity index (χ4v) is 3.11. The fourth-order valence-electron chi connectivity index (χ4n) is 3.11. The molecule has 1 saturated heterocycles. The summed E-state index contributed by atoms with van der Waals surface area (Å²) in [5, 5.41) is 3.65. The largest absolute Gasteiger partial charge is 0.342 e. The summed E-state index contributed by atoms with van der Waals surface area (Å²) in [6.07, 6.45) is 5.57. The molecule has 3 unspecified atom stereocenters. The van der Waals surface area contributed by atoms with Crippen LogP contribution in [0, 0.1) is 11.8 Å². The Kier molecular flexibility index (Phi) is 7.44. The van der Waals surface area contributed by atoms with Crippen molar-refractivity contribution in [3.8, 4) is 0 Å². The summed E-state index contributed by atoms with van der Waals surface area (Å²) in [6, 6.07) is 0.607. The molecule has 0 aromatic rings. The van der Waals surface area contributed by atoms with Crippen molar-refractivity contribution in [2.45, 2.75) is 65.8 Å². The second-order valence-electron chi connectivity index (χ2n) is 5.99. The van der Waals surface area contributed by atoms with E-state index in [0.29, 0.717) is 17.9 Å². The molecule has 1 heterocycles. The SMILES string of the molecule is CCCNC1CCN(C(=O)C(C)CCC)CC1CC. The molecule has 0 aliphatic carbocycles. The number of hydrogen-bond acceptors (Lipinski definition) is 2. The molecule has 1 amide bonds. The Morgan fingerprint density at radius 3 is 2.63 bits per heavy atom. The Hall–Kier alpha value is -0.570. The van der Waals surface area contributed by atoms with Crippen molar-refractivity contribution < 1.29 is 4.79 Å². The van der Waals surface area contributed by atoms with Crippen molar-refractivity contribution >= 4 is 5.91 Å². The van der Waals surface area contributed by atoms with Crippen molar-refractivity contribution in [2.75, 3.05) is 19.6 Å². The summed E-state index contributed by atoms with van der Waals surface area (Å²) in [4.78, 5) is 14.5. The van der Waals surface area contributed by atoms with Gasteiger partial charge in [0.2, 0.25) is 5.91 Å². The first-order valence-electron chi connectivity index (χ1n) is 8.16. The van der Waals surface area contributed by atoms with Gasteiger partial charge < -0.3 is 10.2 Å². The van der Waals surface area contributed by atoms with Crippen LogP contribution in [0.4, 0.5) is 0 Å². The van der Waals surface area contributed by atoms with Gasteiger partial charge in [-0.2, -0.15) is 0 Å². The number of likely N-dealkylation sites (tertiary alicyclic amines) is 1. The van der Waals surface area contributed by atoms with Gasteiger partial charge in [-0.1, -0.05) is 40.5 Å². The van der Waals surface area contributed by atoms with E-state index in [1.54, 1.807) is 0 Å². The molecule has 1 aliphatic heterocycles. The standard InChI is InChI=1S/C16H32N2O/c1-5-8-13(4)16(19)18-11-9-15(17-10-6-2)14(7-3)12-18/h13-15,17H,5-12H2,1-4H3. The summed E-state index contributed by atoms with van der Waals surface area (Å²) in [6.45, 7) is 11.7. The van der Waals surface area contributed by atoms with Crippen LogP contribution in [0.1, 0.15) is 59.8 Å². The zero-order valence-electron chi connectivity index (χ0n) is 13.2. The van der Waals surface area contributed by atoms with E-state index >= 15 is 0 Å². The van der Waals surface area contributed by atoms with Crippen molar-refractivity contribution in [2.24, 2.45) is 11.8 Å². The number of amides is 1. The van der Waals surface area contributed by atoms with Crippen LogP contribution >= 0.6 is 0 Å². The number of carbonyl (C=O) groups excluding carboxylic acids is 1. The van der Waals surface area contributed by atoms with Crippen LogP contribution in [0.3, 0.4) is 0 Å². The molecule has 0 bridgehead atoms. The van der Waals surface area contributed by atoms with E-state index in [0.717, 1.165) is 45.3 Å². The van der Waals surface area contributed by atoms with Crippen LogP contribution < -0.4 is 5.32 Å². The first kappa shape index (κ1) is 16.5. The van der Waals surface area contributed by atoms with Gasteiger partial charge in [0, 0.05) is 25.0 Å². The van der Waals surface area contributed by atoms with Gasteiger partial charge in [0.25, 0.3) is 0 Å². The van der Waals surface area contributed by atoms with E-state index in [9.17, 15) is 4.79 Å². The molecule has 0 spiro atoms. The third kappa shape index (κ3) is 4.79. The summed E-state index contributed by atoms with van der Waals surface area (Å²) >= 11 is 0. The van der Waals surface area contributed by atoms with Crippen LogP contribution in [-0.4, -0.2) is 36.5 Å². The maximum Gasteiger partial charge on any atom is 0.225 e. The average molecular weight is 268 g/mol. The summed E-state index contributed by atoms with van der Waals surface area (Å²) in [5.41, 5.74) is 0. The molecule has 19 heavy (non-hydrogen) atoms. The molecule has 112 valence electrons. The molecule has 1 N–H and O–H groups in total. The second-order valence-corrected chi connectivity index (χ2v) is 5.99. The second kappa shape index (κ2) is 8.57. The minimum Gasteiger partial charge on any atom is -0.342 e. The topological polar surface area (TPSA) is 32.3 Å². The number of hydrogen-bond donors (Lipinski definition) is 1. The first-order valence-corrected chi connectivity index (χ1v) is 8.16. The number of carbonyl (C=O) groups is 1. The molecule has 1 aliphatic rings. The Labute approximate surface area is 119 Å². The minimum absolute atomic E-state index is 0.197. The van der Waals surface area contributed by atoms with Crippen LogP contribution in [0.2, 0.25) is 0 Å². The fraction of sp³-hybridized carbons (Fsp3) is 0.938. The lowest BCUT2D eigenvalue weighted by Crippen LogP contribution is -2.52. The Morgan fingerprint density at radius 1 is 1.32 bits per heavy atom. The highest BCUT2D eigenvalue weighted by molar-refractivity contribution is 5.78. The number of nitrogens with one attached hydrogen (secondary N) is 1. The van der Waals surface area contributed by atoms with Gasteiger partial charge in [0.05, 0.1) is 0 Å². The maximum atomic E-state index is 12.4. The predicted molar refractivity (Wildman–Crippen MR) is 81.1 cm³/mol. The Bertz CT molecular complexity index is 267. The Balaban J connectivity index is 2.51. The third-order valence-electron chi connectivity index (χ3n) is 4.37. The molecule has 0 radical (unpaired) electrons. The molecule has 3 atom stereocenters. The summed E-state index contributed by atoms with van der Waals surface area (Å²) in [5.74, 6) is 1.19. The molecule has 3 heteroatoms. The van der Waals surface area contributed by atoms with E-state index in [2.05, 4.69) is 37.9 Å². The van der Waals surface area contributed by atoms with Gasteiger partial charge in [-0.15, -0.1) is 0 Å². The van der Waals surface area contributed by atoms with E-state index in [1.807, 2.05) is 0 Å². The van der Waals surface area contributed by atoms with E-state index in [4.69, 9.17) is 0 Å². The molecule has 0 aromatic carbocycles. The lowest BCUT2D eigenvalue weighted by molar-refractivity contribution is -0.137. The minimum atomic E-state index is 0.197. The predicted octanol–water partition coefficient (Wildman–Crippen LogP) is 3.05. The third-order valence-corrected chi connectivity index (χ3v) is 4.37. The molecular formula is C16H32N2O. The number of nitrogens with zero attached hydrogens (tertiary/aromatic N) is 1. The lowest BCUT2D eigenvalue weighted by atomic mass is 9.89. The zero-order chi connectivity index (χ0) is 14.3. The molecule has 1 rings (SSSR count). The smallest absolute Gasteiger partial charge is 0.225 e. The van der Waals surface area contributed by atoms with Crippen molar-refractivity contribution in [3.05, 3.63) is 0 Å². The first-order chi connectivity index (χ1) is 9.13. The van der Waals surface area contributed by atoms with E-state index in [-0.39, 0.29) is 5.92 Å². The lowest BCUT2D eigenvalue weighted by Gasteiger charge is -2.39. The van der Waals surface area contributed by atoms with Gasteiger partial charge in [0.1, 0.15) is 0 Å². The highest BCUT2D eigenvalue weighted by Crippen LogP contribution is 2.22. The van der Waals surface area contributed by atoms with Crippen LogP contribution in [-0.2, 0) is 4.79 Å². The average Bonchev–Trinajstić information content (AvgIpc) is 2.44. The summed E-state index contributed by atoms with van der Waals surface area (Å²) in [7, 11) is 0.